The summed E-state index contributed by atoms with van der Waals surface area (Å²) in [4.78, 5) is 18.2. The smallest absolute Gasteiger partial charge is 0.251 e. The second-order valence-electron chi connectivity index (χ2n) is 5.72. The molecule has 26 heavy (non-hydrogen) atoms. The maximum absolute atomic E-state index is 13.0. The van der Waals surface area contributed by atoms with Gasteiger partial charge in [-0.3, -0.25) is 9.79 Å². The average molecular weight is 377 g/mol. The fourth-order valence-electron chi connectivity index (χ4n) is 2.38. The quantitative estimate of drug-likeness (QED) is 0.463. The molecule has 7 heteroatoms. The van der Waals surface area contributed by atoms with E-state index in [2.05, 4.69) is 15.6 Å². The van der Waals surface area contributed by atoms with Gasteiger partial charge in [0.15, 0.2) is 5.96 Å². The van der Waals surface area contributed by atoms with Crippen LogP contribution >= 0.6 is 11.6 Å². The highest BCUT2D eigenvalue weighted by molar-refractivity contribution is 6.30. The van der Waals surface area contributed by atoms with E-state index in [9.17, 15) is 9.18 Å². The van der Waals surface area contributed by atoms with Crippen LogP contribution in [0.2, 0.25) is 5.02 Å². The maximum atomic E-state index is 13.0. The molecule has 2 aromatic rings. The number of carbonyl (C=O) groups excluding carboxylic acids is 1. The summed E-state index contributed by atoms with van der Waals surface area (Å²) >= 11 is 5.81. The van der Waals surface area contributed by atoms with Crippen molar-refractivity contribution >= 4 is 23.5 Å². The number of guanidine groups is 1. The SMILES string of the molecule is CN=C(NCCNC(=O)c1ccc(Cl)cc1)N(C)Cc1ccc(F)cc1. The third-order valence-corrected chi connectivity index (χ3v) is 3.96. The molecule has 138 valence electrons. The lowest BCUT2D eigenvalue weighted by atomic mass is 10.2. The van der Waals surface area contributed by atoms with Crippen LogP contribution < -0.4 is 10.6 Å². The first kappa shape index (κ1) is 19.7. The summed E-state index contributed by atoms with van der Waals surface area (Å²) in [7, 11) is 3.58. The molecule has 2 N–H and O–H groups in total. The Morgan fingerprint density at radius 2 is 1.69 bits per heavy atom. The Hall–Kier alpha value is -2.60. The Morgan fingerprint density at radius 3 is 2.31 bits per heavy atom. The van der Waals surface area contributed by atoms with Crippen LogP contribution in [-0.2, 0) is 6.54 Å². The second kappa shape index (κ2) is 9.77. The van der Waals surface area contributed by atoms with Crippen molar-refractivity contribution in [2.24, 2.45) is 4.99 Å². The molecule has 0 saturated heterocycles. The number of nitrogens with zero attached hydrogens (tertiary/aromatic N) is 2. The van der Waals surface area contributed by atoms with Gasteiger partial charge in [-0.25, -0.2) is 4.39 Å². The molecule has 0 aromatic heterocycles. The number of nitrogens with one attached hydrogen (secondary N) is 2. The lowest BCUT2D eigenvalue weighted by Crippen LogP contribution is -2.42. The van der Waals surface area contributed by atoms with E-state index in [4.69, 9.17) is 11.6 Å². The number of aliphatic imine (C=N–C) groups is 1. The van der Waals surface area contributed by atoms with E-state index in [-0.39, 0.29) is 11.7 Å². The number of halogens is 2. The Labute approximate surface area is 157 Å². The summed E-state index contributed by atoms with van der Waals surface area (Å²) in [5.74, 6) is 0.281. The van der Waals surface area contributed by atoms with E-state index in [1.165, 1.54) is 12.1 Å². The number of benzene rings is 2. The Kier molecular flexibility index (Phi) is 7.41. The number of carbonyl (C=O) groups is 1. The van der Waals surface area contributed by atoms with Crippen molar-refractivity contribution in [2.75, 3.05) is 27.2 Å². The van der Waals surface area contributed by atoms with E-state index < -0.39 is 0 Å². The minimum absolute atomic E-state index is 0.155. The van der Waals surface area contributed by atoms with Gasteiger partial charge in [0.2, 0.25) is 0 Å². The summed E-state index contributed by atoms with van der Waals surface area (Å²) < 4.78 is 13.0. The molecular formula is C19H22ClFN4O. The van der Waals surface area contributed by atoms with E-state index in [1.54, 1.807) is 43.4 Å². The van der Waals surface area contributed by atoms with Gasteiger partial charge in [-0.2, -0.15) is 0 Å². The first-order valence-electron chi connectivity index (χ1n) is 8.19. The van der Waals surface area contributed by atoms with E-state index in [0.29, 0.717) is 36.2 Å². The Balaban J connectivity index is 1.76. The highest BCUT2D eigenvalue weighted by Gasteiger charge is 2.08. The van der Waals surface area contributed by atoms with Crippen molar-refractivity contribution in [3.8, 4) is 0 Å². The van der Waals surface area contributed by atoms with Crippen LogP contribution in [0.5, 0.6) is 0 Å². The lowest BCUT2D eigenvalue weighted by Gasteiger charge is -2.22. The van der Waals surface area contributed by atoms with Crippen molar-refractivity contribution < 1.29 is 9.18 Å². The molecule has 0 aliphatic carbocycles. The second-order valence-corrected chi connectivity index (χ2v) is 6.16. The van der Waals surface area contributed by atoms with Crippen LogP contribution in [0.25, 0.3) is 0 Å². The molecule has 2 aromatic carbocycles. The van der Waals surface area contributed by atoms with Gasteiger partial charge in [0.1, 0.15) is 5.82 Å². The first-order valence-corrected chi connectivity index (χ1v) is 8.57. The predicted octanol–water partition coefficient (Wildman–Crippen LogP) is 2.92. The lowest BCUT2D eigenvalue weighted by molar-refractivity contribution is 0.0954. The minimum atomic E-state index is -0.254. The summed E-state index contributed by atoms with van der Waals surface area (Å²) in [6, 6.07) is 13.1. The normalized spacial score (nSPS) is 11.2. The number of hydrogen-bond donors (Lipinski definition) is 2. The minimum Gasteiger partial charge on any atom is -0.354 e. The van der Waals surface area contributed by atoms with Gasteiger partial charge in [-0.1, -0.05) is 23.7 Å². The average Bonchev–Trinajstić information content (AvgIpc) is 2.64. The van der Waals surface area contributed by atoms with Gasteiger partial charge in [-0.15, -0.1) is 0 Å². The highest BCUT2D eigenvalue weighted by atomic mass is 35.5. The molecule has 0 atom stereocenters. The largest absolute Gasteiger partial charge is 0.354 e. The van der Waals surface area contributed by atoms with E-state index >= 15 is 0 Å². The molecule has 0 fully saturated rings. The number of hydrogen-bond acceptors (Lipinski definition) is 2. The molecular weight excluding hydrogens is 355 g/mol. The summed E-state index contributed by atoms with van der Waals surface area (Å²) in [5.41, 5.74) is 1.54. The van der Waals surface area contributed by atoms with Crippen LogP contribution in [0, 0.1) is 5.82 Å². The first-order chi connectivity index (χ1) is 12.5. The van der Waals surface area contributed by atoms with Crippen molar-refractivity contribution in [3.63, 3.8) is 0 Å². The van der Waals surface area contributed by atoms with Crippen molar-refractivity contribution in [1.29, 1.82) is 0 Å². The Bertz CT molecular complexity index is 747. The fourth-order valence-corrected chi connectivity index (χ4v) is 2.50. The van der Waals surface area contributed by atoms with Gasteiger partial charge in [-0.05, 0) is 42.0 Å². The van der Waals surface area contributed by atoms with Gasteiger partial charge in [0, 0.05) is 44.3 Å². The Morgan fingerprint density at radius 1 is 1.08 bits per heavy atom. The van der Waals surface area contributed by atoms with Crippen LogP contribution in [0.4, 0.5) is 4.39 Å². The topological polar surface area (TPSA) is 56.7 Å². The molecule has 0 aliphatic heterocycles. The molecule has 2 rings (SSSR count). The summed E-state index contributed by atoms with van der Waals surface area (Å²) in [5, 5.41) is 6.61. The van der Waals surface area contributed by atoms with E-state index in [1.807, 2.05) is 11.9 Å². The fraction of sp³-hybridized carbons (Fsp3) is 0.263. The molecule has 1 amide bonds. The van der Waals surface area contributed by atoms with Gasteiger partial charge < -0.3 is 15.5 Å². The van der Waals surface area contributed by atoms with Crippen LogP contribution in [0.3, 0.4) is 0 Å². The predicted molar refractivity (Wildman–Crippen MR) is 103 cm³/mol. The maximum Gasteiger partial charge on any atom is 0.251 e. The molecule has 5 nitrogen and oxygen atoms in total. The number of amides is 1. The zero-order chi connectivity index (χ0) is 18.9. The molecule has 0 saturated carbocycles. The molecule has 0 bridgehead atoms. The molecule has 0 unspecified atom stereocenters. The zero-order valence-electron chi connectivity index (χ0n) is 14.8. The van der Waals surface area contributed by atoms with Crippen LogP contribution in [0.1, 0.15) is 15.9 Å². The van der Waals surface area contributed by atoms with Crippen molar-refractivity contribution in [3.05, 3.63) is 70.5 Å². The van der Waals surface area contributed by atoms with Crippen LogP contribution in [0.15, 0.2) is 53.5 Å². The molecule has 0 heterocycles. The van der Waals surface area contributed by atoms with Crippen LogP contribution in [-0.4, -0.2) is 44.0 Å². The van der Waals surface area contributed by atoms with Gasteiger partial charge in [0.05, 0.1) is 0 Å². The summed E-state index contributed by atoms with van der Waals surface area (Å²) in [6.45, 7) is 1.57. The zero-order valence-corrected chi connectivity index (χ0v) is 15.6. The van der Waals surface area contributed by atoms with Gasteiger partial charge in [0.25, 0.3) is 5.91 Å². The monoisotopic (exact) mass is 376 g/mol. The van der Waals surface area contributed by atoms with Crippen molar-refractivity contribution in [2.45, 2.75) is 6.54 Å². The van der Waals surface area contributed by atoms with Crippen molar-refractivity contribution in [1.82, 2.24) is 15.5 Å². The third-order valence-electron chi connectivity index (χ3n) is 3.71. The standard InChI is InChI=1S/C19H22ClFN4O/c1-22-19(25(2)13-14-3-9-17(21)10-4-14)24-12-11-23-18(26)15-5-7-16(20)8-6-15/h3-10H,11-13H2,1-2H3,(H,22,24)(H,23,26). The summed E-state index contributed by atoms with van der Waals surface area (Å²) in [6.07, 6.45) is 0. The molecule has 0 radical (unpaired) electrons. The third kappa shape index (κ3) is 6.04. The molecule has 0 aliphatic rings. The molecule has 0 spiro atoms. The highest BCUT2D eigenvalue weighted by Crippen LogP contribution is 2.09. The van der Waals surface area contributed by atoms with Gasteiger partial charge >= 0.3 is 0 Å². The number of rotatable bonds is 6. The van der Waals surface area contributed by atoms with E-state index in [0.717, 1.165) is 5.56 Å².